The van der Waals surface area contributed by atoms with Crippen LogP contribution in [0.3, 0.4) is 0 Å². The predicted molar refractivity (Wildman–Crippen MR) is 85.7 cm³/mol. The van der Waals surface area contributed by atoms with Crippen molar-refractivity contribution in [1.29, 1.82) is 0 Å². The van der Waals surface area contributed by atoms with E-state index in [9.17, 15) is 4.79 Å². The van der Waals surface area contributed by atoms with Gasteiger partial charge in [0.2, 0.25) is 0 Å². The average molecular weight is 322 g/mol. The summed E-state index contributed by atoms with van der Waals surface area (Å²) in [5.41, 5.74) is 1.34. The number of carbonyl (C=O) groups excluding carboxylic acids is 1. The fourth-order valence-corrected chi connectivity index (χ4v) is 2.17. The van der Waals surface area contributed by atoms with Crippen LogP contribution in [0.2, 0.25) is 10.0 Å². The van der Waals surface area contributed by atoms with Crippen LogP contribution in [0.5, 0.6) is 0 Å². The quantitative estimate of drug-likeness (QED) is 0.606. The van der Waals surface area contributed by atoms with Gasteiger partial charge in [-0.1, -0.05) is 53.5 Å². The topological polar surface area (TPSA) is 38.7 Å². The first-order valence-corrected chi connectivity index (χ1v) is 7.13. The number of esters is 1. The van der Waals surface area contributed by atoms with Gasteiger partial charge in [0.15, 0.2) is 5.71 Å². The average Bonchev–Trinajstić information content (AvgIpc) is 2.47. The molecule has 0 aromatic heterocycles. The van der Waals surface area contributed by atoms with Crippen molar-refractivity contribution in [3.63, 3.8) is 0 Å². The van der Waals surface area contributed by atoms with Crippen molar-refractivity contribution in [3.8, 4) is 0 Å². The Morgan fingerprint density at radius 1 is 1.14 bits per heavy atom. The van der Waals surface area contributed by atoms with Crippen molar-refractivity contribution in [2.75, 3.05) is 6.61 Å². The molecule has 21 heavy (non-hydrogen) atoms. The highest BCUT2D eigenvalue weighted by atomic mass is 35.5. The second kappa shape index (κ2) is 7.25. The van der Waals surface area contributed by atoms with E-state index < -0.39 is 5.97 Å². The van der Waals surface area contributed by atoms with E-state index in [4.69, 9.17) is 27.9 Å². The van der Waals surface area contributed by atoms with Gasteiger partial charge in [0.05, 0.1) is 17.3 Å². The summed E-state index contributed by atoms with van der Waals surface area (Å²) in [6.07, 6.45) is 0. The molecule has 0 heterocycles. The number of nitrogens with zero attached hydrogens (tertiary/aromatic N) is 1. The Balaban J connectivity index is 2.48. The van der Waals surface area contributed by atoms with Gasteiger partial charge in [-0.15, -0.1) is 0 Å². The molecule has 108 valence electrons. The lowest BCUT2D eigenvalue weighted by Gasteiger charge is -2.07. The minimum Gasteiger partial charge on any atom is -0.461 e. The smallest absolute Gasteiger partial charge is 0.357 e. The lowest BCUT2D eigenvalue weighted by atomic mass is 10.1. The van der Waals surface area contributed by atoms with E-state index in [1.807, 2.05) is 18.2 Å². The van der Waals surface area contributed by atoms with Crippen molar-refractivity contribution in [2.24, 2.45) is 4.99 Å². The summed E-state index contributed by atoms with van der Waals surface area (Å²) in [7, 11) is 0. The van der Waals surface area contributed by atoms with Crippen LogP contribution < -0.4 is 0 Å². The van der Waals surface area contributed by atoms with Crippen molar-refractivity contribution >= 4 is 40.6 Å². The molecule has 0 aliphatic rings. The molecule has 0 radical (unpaired) electrons. The third kappa shape index (κ3) is 4.06. The van der Waals surface area contributed by atoms with E-state index in [-0.39, 0.29) is 12.3 Å². The van der Waals surface area contributed by atoms with Crippen LogP contribution in [-0.4, -0.2) is 18.3 Å². The lowest BCUT2D eigenvalue weighted by molar-refractivity contribution is -0.134. The molecule has 0 aliphatic heterocycles. The minimum atomic E-state index is -0.491. The Morgan fingerprint density at radius 2 is 1.86 bits per heavy atom. The number of ether oxygens (including phenoxy) is 1. The number of benzene rings is 2. The van der Waals surface area contributed by atoms with Crippen LogP contribution in [0, 0.1) is 0 Å². The fourth-order valence-electron chi connectivity index (χ4n) is 1.72. The number of rotatable bonds is 4. The Bertz CT molecular complexity index is 669. The van der Waals surface area contributed by atoms with Gasteiger partial charge in [-0.2, -0.15) is 0 Å². The zero-order valence-electron chi connectivity index (χ0n) is 11.3. The van der Waals surface area contributed by atoms with Gasteiger partial charge in [-0.25, -0.2) is 9.79 Å². The summed E-state index contributed by atoms with van der Waals surface area (Å²) in [5, 5.41) is 0.886. The molecule has 5 heteroatoms. The first-order valence-electron chi connectivity index (χ1n) is 6.38. The molecule has 2 aromatic rings. The monoisotopic (exact) mass is 321 g/mol. The molecule has 0 unspecified atom stereocenters. The van der Waals surface area contributed by atoms with Crippen LogP contribution >= 0.6 is 23.2 Å². The molecule has 2 rings (SSSR count). The van der Waals surface area contributed by atoms with Gasteiger partial charge in [0.25, 0.3) is 0 Å². The van der Waals surface area contributed by atoms with Gasteiger partial charge < -0.3 is 4.74 Å². The summed E-state index contributed by atoms with van der Waals surface area (Å²) in [6, 6.07) is 14.0. The van der Waals surface area contributed by atoms with E-state index in [1.165, 1.54) is 0 Å². The number of hydrogen-bond donors (Lipinski definition) is 0. The zero-order valence-corrected chi connectivity index (χ0v) is 12.9. The lowest BCUT2D eigenvalue weighted by Crippen LogP contribution is -2.18. The minimum absolute atomic E-state index is 0.210. The number of carbonyl (C=O) groups is 1. The molecular weight excluding hydrogens is 309 g/mol. The maximum Gasteiger partial charge on any atom is 0.357 e. The van der Waals surface area contributed by atoms with Gasteiger partial charge in [-0.05, 0) is 25.1 Å². The molecule has 0 saturated heterocycles. The molecule has 0 saturated carbocycles. The highest BCUT2D eigenvalue weighted by Gasteiger charge is 2.16. The highest BCUT2D eigenvalue weighted by molar-refractivity contribution is 6.44. The van der Waals surface area contributed by atoms with Crippen molar-refractivity contribution < 1.29 is 9.53 Å². The van der Waals surface area contributed by atoms with E-state index >= 15 is 0 Å². The fraction of sp³-hybridized carbons (Fsp3) is 0.125. The predicted octanol–water partition coefficient (Wildman–Crippen LogP) is 4.68. The SMILES string of the molecule is CCOC(=O)C(=Nc1ccc(Cl)cc1Cl)c1ccccc1. The summed E-state index contributed by atoms with van der Waals surface area (Å²) in [4.78, 5) is 16.4. The van der Waals surface area contributed by atoms with Crippen LogP contribution in [-0.2, 0) is 9.53 Å². The molecule has 0 amide bonds. The first kappa shape index (κ1) is 15.5. The van der Waals surface area contributed by atoms with Gasteiger partial charge >= 0.3 is 5.97 Å². The molecule has 0 fully saturated rings. The summed E-state index contributed by atoms with van der Waals surface area (Å²) < 4.78 is 5.06. The Kier molecular flexibility index (Phi) is 5.37. The normalized spacial score (nSPS) is 11.3. The maximum absolute atomic E-state index is 12.1. The van der Waals surface area contributed by atoms with E-state index in [0.717, 1.165) is 0 Å². The summed E-state index contributed by atoms with van der Waals surface area (Å²) in [5.74, 6) is -0.491. The molecule has 2 aromatic carbocycles. The van der Waals surface area contributed by atoms with E-state index in [1.54, 1.807) is 37.3 Å². The second-order valence-corrected chi connectivity index (χ2v) is 4.99. The van der Waals surface area contributed by atoms with Crippen molar-refractivity contribution in [2.45, 2.75) is 6.92 Å². The van der Waals surface area contributed by atoms with Gasteiger partial charge in [-0.3, -0.25) is 0 Å². The van der Waals surface area contributed by atoms with Crippen molar-refractivity contribution in [3.05, 3.63) is 64.1 Å². The summed E-state index contributed by atoms with van der Waals surface area (Å²) >= 11 is 12.0. The summed E-state index contributed by atoms with van der Waals surface area (Å²) in [6.45, 7) is 2.02. The van der Waals surface area contributed by atoms with Gasteiger partial charge in [0, 0.05) is 10.6 Å². The number of halogens is 2. The van der Waals surface area contributed by atoms with Gasteiger partial charge in [0.1, 0.15) is 0 Å². The van der Waals surface area contributed by atoms with Crippen LogP contribution in [0.4, 0.5) is 5.69 Å². The molecule has 0 aliphatic carbocycles. The first-order chi connectivity index (χ1) is 10.1. The second-order valence-electron chi connectivity index (χ2n) is 4.14. The number of hydrogen-bond acceptors (Lipinski definition) is 3. The Morgan fingerprint density at radius 3 is 2.48 bits per heavy atom. The molecule has 0 N–H and O–H groups in total. The Hall–Kier alpha value is -1.84. The highest BCUT2D eigenvalue weighted by Crippen LogP contribution is 2.28. The molecule has 0 atom stereocenters. The van der Waals surface area contributed by atoms with Crippen LogP contribution in [0.15, 0.2) is 53.5 Å². The van der Waals surface area contributed by atoms with E-state index in [2.05, 4.69) is 4.99 Å². The van der Waals surface area contributed by atoms with Crippen molar-refractivity contribution in [1.82, 2.24) is 0 Å². The van der Waals surface area contributed by atoms with E-state index in [0.29, 0.717) is 21.3 Å². The number of aliphatic imine (C=N–C) groups is 1. The zero-order chi connectivity index (χ0) is 15.2. The molecular formula is C16H13Cl2NO2. The Labute approximate surface area is 133 Å². The molecule has 0 spiro atoms. The largest absolute Gasteiger partial charge is 0.461 e. The molecule has 3 nitrogen and oxygen atoms in total. The standard InChI is InChI=1S/C16H13Cl2NO2/c1-2-21-16(20)15(11-6-4-3-5-7-11)19-14-9-8-12(17)10-13(14)18/h3-10H,2H2,1H3. The van der Waals surface area contributed by atoms with Crippen LogP contribution in [0.1, 0.15) is 12.5 Å². The molecule has 0 bridgehead atoms. The van der Waals surface area contributed by atoms with Crippen LogP contribution in [0.25, 0.3) is 0 Å². The maximum atomic E-state index is 12.1. The third-order valence-corrected chi connectivity index (χ3v) is 3.20. The third-order valence-electron chi connectivity index (χ3n) is 2.66.